The van der Waals surface area contributed by atoms with Crippen LogP contribution in [0.5, 0.6) is 0 Å². The van der Waals surface area contributed by atoms with E-state index in [0.29, 0.717) is 12.7 Å². The Morgan fingerprint density at radius 2 is 2.08 bits per heavy atom. The second-order valence-electron chi connectivity index (χ2n) is 6.89. The summed E-state index contributed by atoms with van der Waals surface area (Å²) in [5.74, 6) is 0. The minimum absolute atomic E-state index is 0.363. The number of hydrogen-bond donors (Lipinski definition) is 0. The van der Waals surface area contributed by atoms with Gasteiger partial charge in [0.1, 0.15) is 0 Å². The van der Waals surface area contributed by atoms with E-state index in [4.69, 9.17) is 4.74 Å². The van der Waals surface area contributed by atoms with Gasteiger partial charge in [-0.1, -0.05) is 24.8 Å². The zero-order chi connectivity index (χ0) is 17.9. The van der Waals surface area contributed by atoms with Gasteiger partial charge in [0.2, 0.25) is 0 Å². The molecule has 5 nitrogen and oxygen atoms in total. The SMILES string of the molecule is C=Cc1ccc2ncc(-c3cccc(COC4CCN(C)CC4)c3)n2n1. The summed E-state index contributed by atoms with van der Waals surface area (Å²) in [6.45, 7) is 6.67. The van der Waals surface area contributed by atoms with Crippen LogP contribution in [0.1, 0.15) is 24.1 Å². The van der Waals surface area contributed by atoms with Crippen molar-refractivity contribution in [2.75, 3.05) is 20.1 Å². The normalized spacial score (nSPS) is 16.2. The molecule has 2 aromatic heterocycles. The van der Waals surface area contributed by atoms with Gasteiger partial charge in [-0.3, -0.25) is 0 Å². The highest BCUT2D eigenvalue weighted by Gasteiger charge is 2.17. The van der Waals surface area contributed by atoms with Crippen LogP contribution >= 0.6 is 0 Å². The van der Waals surface area contributed by atoms with Crippen molar-refractivity contribution in [3.05, 3.63) is 60.4 Å². The van der Waals surface area contributed by atoms with E-state index in [1.54, 1.807) is 6.08 Å². The van der Waals surface area contributed by atoms with E-state index >= 15 is 0 Å². The van der Waals surface area contributed by atoms with Gasteiger partial charge in [-0.15, -0.1) is 0 Å². The Morgan fingerprint density at radius 3 is 2.88 bits per heavy atom. The summed E-state index contributed by atoms with van der Waals surface area (Å²) in [6, 6.07) is 12.3. The van der Waals surface area contributed by atoms with Crippen molar-refractivity contribution in [1.82, 2.24) is 19.5 Å². The number of imidazole rings is 1. The van der Waals surface area contributed by atoms with E-state index < -0.39 is 0 Å². The van der Waals surface area contributed by atoms with Crippen LogP contribution in [0.15, 0.2) is 49.2 Å². The molecule has 1 aliphatic heterocycles. The fraction of sp³-hybridized carbons (Fsp3) is 0.333. The molecule has 0 radical (unpaired) electrons. The van der Waals surface area contributed by atoms with Gasteiger partial charge in [-0.05, 0) is 49.7 Å². The van der Waals surface area contributed by atoms with Crippen LogP contribution in [0.2, 0.25) is 0 Å². The molecule has 4 rings (SSSR count). The van der Waals surface area contributed by atoms with Crippen LogP contribution in [0.4, 0.5) is 0 Å². The lowest BCUT2D eigenvalue weighted by Crippen LogP contribution is -2.34. The molecule has 0 unspecified atom stereocenters. The van der Waals surface area contributed by atoms with Crippen LogP contribution < -0.4 is 0 Å². The second kappa shape index (κ2) is 7.40. The Hall–Kier alpha value is -2.50. The van der Waals surface area contributed by atoms with Crippen molar-refractivity contribution in [2.24, 2.45) is 0 Å². The minimum Gasteiger partial charge on any atom is -0.373 e. The van der Waals surface area contributed by atoms with Gasteiger partial charge >= 0.3 is 0 Å². The van der Waals surface area contributed by atoms with E-state index in [1.807, 2.05) is 22.8 Å². The van der Waals surface area contributed by atoms with Crippen molar-refractivity contribution < 1.29 is 4.74 Å². The van der Waals surface area contributed by atoms with Crippen molar-refractivity contribution in [3.63, 3.8) is 0 Å². The number of rotatable bonds is 5. The third-order valence-electron chi connectivity index (χ3n) is 4.97. The molecule has 1 saturated heterocycles. The molecular weight excluding hydrogens is 324 g/mol. The largest absolute Gasteiger partial charge is 0.373 e. The fourth-order valence-electron chi connectivity index (χ4n) is 3.38. The van der Waals surface area contributed by atoms with Gasteiger partial charge in [0, 0.05) is 18.7 Å². The molecule has 0 amide bonds. The number of fused-ring (bicyclic) bond motifs is 1. The summed E-state index contributed by atoms with van der Waals surface area (Å²) in [6.07, 6.45) is 6.19. The predicted octanol–water partition coefficient (Wildman–Crippen LogP) is 3.65. The highest BCUT2D eigenvalue weighted by molar-refractivity contribution is 5.64. The topological polar surface area (TPSA) is 42.7 Å². The summed E-state index contributed by atoms with van der Waals surface area (Å²) in [5, 5.41) is 4.59. The highest BCUT2D eigenvalue weighted by atomic mass is 16.5. The summed E-state index contributed by atoms with van der Waals surface area (Å²) in [4.78, 5) is 6.81. The van der Waals surface area contributed by atoms with Crippen molar-refractivity contribution in [1.29, 1.82) is 0 Å². The predicted molar refractivity (Wildman–Crippen MR) is 104 cm³/mol. The molecule has 1 aromatic carbocycles. The maximum Gasteiger partial charge on any atom is 0.154 e. The van der Waals surface area contributed by atoms with Gasteiger partial charge in [0.05, 0.1) is 30.3 Å². The van der Waals surface area contributed by atoms with Crippen molar-refractivity contribution in [2.45, 2.75) is 25.6 Å². The van der Waals surface area contributed by atoms with Crippen LogP contribution in [0, 0.1) is 0 Å². The molecule has 0 spiro atoms. The maximum atomic E-state index is 6.14. The first-order valence-electron chi connectivity index (χ1n) is 9.09. The average molecular weight is 348 g/mol. The van der Waals surface area contributed by atoms with E-state index in [1.165, 1.54) is 5.56 Å². The molecule has 1 fully saturated rings. The van der Waals surface area contributed by atoms with E-state index in [2.05, 4.69) is 52.9 Å². The second-order valence-corrected chi connectivity index (χ2v) is 6.89. The molecule has 0 saturated carbocycles. The molecule has 0 atom stereocenters. The smallest absolute Gasteiger partial charge is 0.154 e. The average Bonchev–Trinajstić information content (AvgIpc) is 3.11. The lowest BCUT2D eigenvalue weighted by molar-refractivity contribution is 0.00215. The van der Waals surface area contributed by atoms with E-state index in [0.717, 1.165) is 48.5 Å². The Balaban J connectivity index is 1.53. The first-order valence-corrected chi connectivity index (χ1v) is 9.09. The summed E-state index contributed by atoms with van der Waals surface area (Å²) < 4.78 is 8.00. The number of piperidine rings is 1. The van der Waals surface area contributed by atoms with Crippen LogP contribution in [-0.2, 0) is 11.3 Å². The molecule has 5 heteroatoms. The zero-order valence-electron chi connectivity index (χ0n) is 15.1. The molecule has 0 bridgehead atoms. The Bertz CT molecular complexity index is 909. The third kappa shape index (κ3) is 3.54. The van der Waals surface area contributed by atoms with E-state index in [-0.39, 0.29) is 0 Å². The Morgan fingerprint density at radius 1 is 1.23 bits per heavy atom. The number of nitrogens with zero attached hydrogens (tertiary/aromatic N) is 4. The molecule has 0 aliphatic carbocycles. The lowest BCUT2D eigenvalue weighted by atomic mass is 10.1. The molecule has 1 aliphatic rings. The first kappa shape index (κ1) is 16.9. The van der Waals surface area contributed by atoms with Gasteiger partial charge in [-0.25, -0.2) is 9.50 Å². The first-order chi connectivity index (χ1) is 12.7. The molecule has 3 heterocycles. The highest BCUT2D eigenvalue weighted by Crippen LogP contribution is 2.23. The third-order valence-corrected chi connectivity index (χ3v) is 4.97. The fourth-order valence-corrected chi connectivity index (χ4v) is 3.38. The van der Waals surface area contributed by atoms with Gasteiger partial charge in [0.25, 0.3) is 0 Å². The molecular formula is C21H24N4O. The monoisotopic (exact) mass is 348 g/mol. The summed E-state index contributed by atoms with van der Waals surface area (Å²) in [7, 11) is 2.17. The zero-order valence-corrected chi connectivity index (χ0v) is 15.1. The standard InChI is InChI=1S/C21H24N4O/c1-3-18-7-8-21-22-14-20(25(21)23-18)17-6-4-5-16(13-17)15-26-19-9-11-24(2)12-10-19/h3-8,13-14,19H,1,9-12,15H2,2H3. The molecule has 134 valence electrons. The number of aromatic nitrogens is 3. The van der Waals surface area contributed by atoms with Crippen LogP contribution in [0.25, 0.3) is 23.0 Å². The summed E-state index contributed by atoms with van der Waals surface area (Å²) in [5.41, 5.74) is 4.91. The van der Waals surface area contributed by atoms with Crippen LogP contribution in [0.3, 0.4) is 0 Å². The molecule has 26 heavy (non-hydrogen) atoms. The van der Waals surface area contributed by atoms with Gasteiger partial charge in [-0.2, -0.15) is 5.10 Å². The Labute approximate surface area is 153 Å². The molecule has 0 N–H and O–H groups in total. The molecule has 3 aromatic rings. The number of hydrogen-bond acceptors (Lipinski definition) is 4. The summed E-state index contributed by atoms with van der Waals surface area (Å²) >= 11 is 0. The maximum absolute atomic E-state index is 6.14. The van der Waals surface area contributed by atoms with Crippen molar-refractivity contribution >= 4 is 11.7 Å². The van der Waals surface area contributed by atoms with Gasteiger partial charge in [0.15, 0.2) is 5.65 Å². The van der Waals surface area contributed by atoms with E-state index in [9.17, 15) is 0 Å². The Kier molecular flexibility index (Phi) is 4.82. The minimum atomic E-state index is 0.363. The van der Waals surface area contributed by atoms with Gasteiger partial charge < -0.3 is 9.64 Å². The van der Waals surface area contributed by atoms with Crippen LogP contribution in [-0.4, -0.2) is 45.7 Å². The van der Waals surface area contributed by atoms with Crippen molar-refractivity contribution in [3.8, 4) is 11.3 Å². The quantitative estimate of drug-likeness (QED) is 0.706. The number of benzene rings is 1. The number of likely N-dealkylation sites (tertiary alicyclic amines) is 1. The lowest BCUT2D eigenvalue weighted by Gasteiger charge is -2.28. The number of ether oxygens (including phenoxy) is 1.